The van der Waals surface area contributed by atoms with Crippen LogP contribution in [0.15, 0.2) is 18.5 Å². The summed E-state index contributed by atoms with van der Waals surface area (Å²) in [6.07, 6.45) is 5.91. The Balaban J connectivity index is 2.71. The molecule has 0 bridgehead atoms. The number of aromatic nitrogens is 2. The maximum atomic E-state index is 10.1. The number of rotatable bonds is 2. The molecule has 0 aliphatic heterocycles. The quantitative estimate of drug-likeness (QED) is 0.628. The molecule has 0 aromatic carbocycles. The van der Waals surface area contributed by atoms with Crippen molar-refractivity contribution in [1.82, 2.24) is 9.78 Å². The number of carboxylic acids is 1. The topological polar surface area (TPSA) is 55.1 Å². The summed E-state index contributed by atoms with van der Waals surface area (Å²) in [4.78, 5) is 10.1. The van der Waals surface area contributed by atoms with Crippen LogP contribution in [-0.2, 0) is 11.8 Å². The zero-order valence-corrected chi connectivity index (χ0v) is 6.06. The lowest BCUT2D eigenvalue weighted by atomic mass is 10.3. The van der Waals surface area contributed by atoms with E-state index in [1.165, 1.54) is 6.08 Å². The van der Waals surface area contributed by atoms with Gasteiger partial charge in [0.1, 0.15) is 0 Å². The summed E-state index contributed by atoms with van der Waals surface area (Å²) in [5, 5.41) is 12.1. The van der Waals surface area contributed by atoms with E-state index in [0.29, 0.717) is 0 Å². The monoisotopic (exact) mass is 152 g/mol. The largest absolute Gasteiger partial charge is 0.478 e. The minimum atomic E-state index is -0.950. The molecule has 4 nitrogen and oxygen atoms in total. The Hall–Kier alpha value is -1.58. The third-order valence-electron chi connectivity index (χ3n) is 1.14. The summed E-state index contributed by atoms with van der Waals surface area (Å²) in [5.41, 5.74) is 0.787. The van der Waals surface area contributed by atoms with Gasteiger partial charge >= 0.3 is 5.97 Å². The number of carboxylic acid groups (broad SMARTS) is 1. The Morgan fingerprint density at radius 3 is 3.00 bits per heavy atom. The van der Waals surface area contributed by atoms with Crippen LogP contribution in [-0.4, -0.2) is 20.9 Å². The molecular formula is C7H8N2O2. The zero-order chi connectivity index (χ0) is 8.27. The predicted molar refractivity (Wildman–Crippen MR) is 39.9 cm³/mol. The molecule has 58 valence electrons. The van der Waals surface area contributed by atoms with Gasteiger partial charge in [0.05, 0.1) is 6.20 Å². The molecule has 11 heavy (non-hydrogen) atoms. The number of carbonyl (C=O) groups is 1. The lowest BCUT2D eigenvalue weighted by Gasteiger charge is -1.81. The van der Waals surface area contributed by atoms with E-state index >= 15 is 0 Å². The van der Waals surface area contributed by atoms with Gasteiger partial charge in [0.25, 0.3) is 0 Å². The number of aliphatic carboxylic acids is 1. The first-order valence-corrected chi connectivity index (χ1v) is 3.08. The van der Waals surface area contributed by atoms with Crippen LogP contribution in [0.3, 0.4) is 0 Å². The number of nitrogens with zero attached hydrogens (tertiary/aromatic N) is 2. The first kappa shape index (κ1) is 7.53. The fraction of sp³-hybridized carbons (Fsp3) is 0.143. The van der Waals surface area contributed by atoms with Crippen LogP contribution in [0.1, 0.15) is 5.56 Å². The van der Waals surface area contributed by atoms with Crippen molar-refractivity contribution in [3.8, 4) is 0 Å². The Labute approximate surface area is 63.8 Å². The van der Waals surface area contributed by atoms with Gasteiger partial charge in [-0.3, -0.25) is 4.68 Å². The van der Waals surface area contributed by atoms with Gasteiger partial charge in [0, 0.05) is 24.9 Å². The van der Waals surface area contributed by atoms with Crippen LogP contribution in [0, 0.1) is 0 Å². The van der Waals surface area contributed by atoms with Crippen molar-refractivity contribution >= 4 is 12.0 Å². The molecule has 1 rings (SSSR count). The van der Waals surface area contributed by atoms with Gasteiger partial charge in [-0.05, 0) is 6.08 Å². The van der Waals surface area contributed by atoms with Gasteiger partial charge in [-0.2, -0.15) is 5.10 Å². The molecule has 1 aromatic heterocycles. The highest BCUT2D eigenvalue weighted by Crippen LogP contribution is 1.98. The van der Waals surface area contributed by atoms with Gasteiger partial charge in [0.2, 0.25) is 0 Å². The Bertz CT molecular complexity index is 288. The van der Waals surface area contributed by atoms with Crippen LogP contribution in [0.5, 0.6) is 0 Å². The molecule has 4 heteroatoms. The van der Waals surface area contributed by atoms with Gasteiger partial charge < -0.3 is 5.11 Å². The highest BCUT2D eigenvalue weighted by molar-refractivity contribution is 5.85. The highest BCUT2D eigenvalue weighted by Gasteiger charge is 1.90. The normalized spacial score (nSPS) is 10.6. The molecule has 0 aliphatic rings. The minimum absolute atomic E-state index is 0.787. The Morgan fingerprint density at radius 2 is 2.55 bits per heavy atom. The third kappa shape index (κ3) is 2.25. The summed E-state index contributed by atoms with van der Waals surface area (Å²) >= 11 is 0. The third-order valence-corrected chi connectivity index (χ3v) is 1.14. The molecular weight excluding hydrogens is 144 g/mol. The number of aryl methyl sites for hydroxylation is 1. The van der Waals surface area contributed by atoms with Crippen LogP contribution in [0.2, 0.25) is 0 Å². The molecule has 0 aliphatic carbocycles. The van der Waals surface area contributed by atoms with E-state index < -0.39 is 5.97 Å². The lowest BCUT2D eigenvalue weighted by molar-refractivity contribution is -0.131. The van der Waals surface area contributed by atoms with Crippen molar-refractivity contribution in [3.63, 3.8) is 0 Å². The first-order chi connectivity index (χ1) is 5.18. The lowest BCUT2D eigenvalue weighted by Crippen LogP contribution is -1.85. The second-order valence-corrected chi connectivity index (χ2v) is 2.12. The molecule has 1 aromatic rings. The first-order valence-electron chi connectivity index (χ1n) is 3.08. The van der Waals surface area contributed by atoms with E-state index in [1.807, 2.05) is 0 Å². The molecule has 0 saturated heterocycles. The summed E-state index contributed by atoms with van der Waals surface area (Å²) in [6, 6.07) is 0. The van der Waals surface area contributed by atoms with Crippen LogP contribution >= 0.6 is 0 Å². The van der Waals surface area contributed by atoms with Gasteiger partial charge in [0.15, 0.2) is 0 Å². The summed E-state index contributed by atoms with van der Waals surface area (Å²) in [6.45, 7) is 0. The molecule has 0 radical (unpaired) electrons. The minimum Gasteiger partial charge on any atom is -0.478 e. The maximum absolute atomic E-state index is 10.1. The Kier molecular flexibility index (Phi) is 2.06. The van der Waals surface area contributed by atoms with Gasteiger partial charge in [-0.15, -0.1) is 0 Å². The molecule has 0 fully saturated rings. The fourth-order valence-electron chi connectivity index (χ4n) is 0.694. The molecule has 1 N–H and O–H groups in total. The average molecular weight is 152 g/mol. The van der Waals surface area contributed by atoms with Crippen molar-refractivity contribution < 1.29 is 9.90 Å². The fourth-order valence-corrected chi connectivity index (χ4v) is 0.694. The molecule has 0 amide bonds. The van der Waals surface area contributed by atoms with Crippen molar-refractivity contribution in [2.75, 3.05) is 0 Å². The van der Waals surface area contributed by atoms with E-state index in [1.54, 1.807) is 24.1 Å². The highest BCUT2D eigenvalue weighted by atomic mass is 16.4. The summed E-state index contributed by atoms with van der Waals surface area (Å²) < 4.78 is 1.61. The SMILES string of the molecule is Cn1cc(/C=C\C(=O)O)cn1. The van der Waals surface area contributed by atoms with Crippen molar-refractivity contribution in [2.45, 2.75) is 0 Å². The maximum Gasteiger partial charge on any atom is 0.328 e. The van der Waals surface area contributed by atoms with E-state index in [0.717, 1.165) is 11.6 Å². The van der Waals surface area contributed by atoms with Crippen molar-refractivity contribution in [2.24, 2.45) is 7.05 Å². The second-order valence-electron chi connectivity index (χ2n) is 2.12. The Morgan fingerprint density at radius 1 is 1.82 bits per heavy atom. The average Bonchev–Trinajstić information content (AvgIpc) is 2.31. The van der Waals surface area contributed by atoms with E-state index in [-0.39, 0.29) is 0 Å². The summed E-state index contributed by atoms with van der Waals surface area (Å²) in [5.74, 6) is -0.950. The van der Waals surface area contributed by atoms with Crippen molar-refractivity contribution in [1.29, 1.82) is 0 Å². The smallest absolute Gasteiger partial charge is 0.328 e. The van der Waals surface area contributed by atoms with E-state index in [9.17, 15) is 4.79 Å². The van der Waals surface area contributed by atoms with Gasteiger partial charge in [-0.1, -0.05) is 0 Å². The summed E-state index contributed by atoms with van der Waals surface area (Å²) in [7, 11) is 1.78. The molecule has 0 atom stereocenters. The van der Waals surface area contributed by atoms with Crippen LogP contribution in [0.4, 0.5) is 0 Å². The molecule has 1 heterocycles. The van der Waals surface area contributed by atoms with Crippen LogP contribution in [0.25, 0.3) is 6.08 Å². The van der Waals surface area contributed by atoms with Crippen molar-refractivity contribution in [3.05, 3.63) is 24.0 Å². The van der Waals surface area contributed by atoms with Crippen LogP contribution < -0.4 is 0 Å². The second kappa shape index (κ2) is 3.01. The van der Waals surface area contributed by atoms with E-state index in [4.69, 9.17) is 5.11 Å². The molecule has 0 saturated carbocycles. The number of hydrogen-bond donors (Lipinski definition) is 1. The van der Waals surface area contributed by atoms with Gasteiger partial charge in [-0.25, -0.2) is 4.79 Å². The molecule has 0 unspecified atom stereocenters. The predicted octanol–water partition coefficient (Wildman–Crippen LogP) is 0.518. The number of hydrogen-bond acceptors (Lipinski definition) is 2. The van der Waals surface area contributed by atoms with E-state index in [2.05, 4.69) is 5.10 Å². The molecule has 0 spiro atoms. The zero-order valence-electron chi connectivity index (χ0n) is 6.06. The standard InChI is InChI=1S/C7H8N2O2/c1-9-5-6(4-8-9)2-3-7(10)11/h2-5H,1H3,(H,10,11)/b3-2-.